The summed E-state index contributed by atoms with van der Waals surface area (Å²) in [4.78, 5) is 4.91. The zero-order chi connectivity index (χ0) is 20.8. The molecule has 0 N–H and O–H groups in total. The molecule has 0 bridgehead atoms. The van der Waals surface area contributed by atoms with Gasteiger partial charge in [0.05, 0.1) is 30.8 Å². The van der Waals surface area contributed by atoms with Gasteiger partial charge in [-0.25, -0.2) is 8.42 Å². The van der Waals surface area contributed by atoms with E-state index < -0.39 is 9.84 Å². The van der Waals surface area contributed by atoms with Gasteiger partial charge in [0.25, 0.3) is 0 Å². The first-order valence-corrected chi connectivity index (χ1v) is 12.8. The summed E-state index contributed by atoms with van der Waals surface area (Å²) in [5, 5.41) is 0. The maximum Gasteiger partial charge on any atom is 0.151 e. The van der Waals surface area contributed by atoms with E-state index in [0.717, 1.165) is 52.2 Å². The van der Waals surface area contributed by atoms with Crippen LogP contribution < -0.4 is 0 Å². The van der Waals surface area contributed by atoms with E-state index >= 15 is 0 Å². The van der Waals surface area contributed by atoms with Crippen LogP contribution in [0, 0.1) is 0 Å². The molecule has 5 nitrogen and oxygen atoms in total. The SMILES string of the molecule is O=S1(=O)CC[C@@H](N(CCCN2CCOCC2)C(c2ccccc2)c2ccccc2)C1. The van der Waals surface area contributed by atoms with Crippen LogP contribution in [-0.4, -0.2) is 75.2 Å². The van der Waals surface area contributed by atoms with E-state index in [0.29, 0.717) is 5.75 Å². The molecule has 2 heterocycles. The van der Waals surface area contributed by atoms with Gasteiger partial charge >= 0.3 is 0 Å². The van der Waals surface area contributed by atoms with Crippen LogP contribution in [0.4, 0.5) is 0 Å². The highest BCUT2D eigenvalue weighted by molar-refractivity contribution is 7.91. The molecule has 2 fully saturated rings. The summed E-state index contributed by atoms with van der Waals surface area (Å²) in [5.41, 5.74) is 2.44. The maximum absolute atomic E-state index is 12.3. The van der Waals surface area contributed by atoms with E-state index in [1.807, 2.05) is 12.1 Å². The lowest BCUT2D eigenvalue weighted by Crippen LogP contribution is -2.42. The highest BCUT2D eigenvalue weighted by Gasteiger charge is 2.36. The van der Waals surface area contributed by atoms with Gasteiger partial charge in [0, 0.05) is 25.7 Å². The number of rotatable bonds is 8. The number of hydrogen-bond acceptors (Lipinski definition) is 5. The molecule has 6 heteroatoms. The molecule has 162 valence electrons. The molecule has 30 heavy (non-hydrogen) atoms. The van der Waals surface area contributed by atoms with Crippen LogP contribution in [0.15, 0.2) is 60.7 Å². The van der Waals surface area contributed by atoms with Crippen LogP contribution in [-0.2, 0) is 14.6 Å². The van der Waals surface area contributed by atoms with Crippen molar-refractivity contribution in [2.24, 2.45) is 0 Å². The third-order valence-electron chi connectivity index (χ3n) is 6.23. The first-order chi connectivity index (χ1) is 14.6. The summed E-state index contributed by atoms with van der Waals surface area (Å²) >= 11 is 0. The molecule has 2 aliphatic heterocycles. The Balaban J connectivity index is 1.59. The molecule has 0 spiro atoms. The van der Waals surface area contributed by atoms with Crippen LogP contribution in [0.3, 0.4) is 0 Å². The number of morpholine rings is 1. The summed E-state index contributed by atoms with van der Waals surface area (Å²) < 4.78 is 30.1. The van der Waals surface area contributed by atoms with E-state index in [1.165, 1.54) is 11.1 Å². The van der Waals surface area contributed by atoms with Crippen molar-refractivity contribution in [1.29, 1.82) is 0 Å². The van der Waals surface area contributed by atoms with Gasteiger partial charge in [0.15, 0.2) is 9.84 Å². The van der Waals surface area contributed by atoms with Crippen LogP contribution in [0.1, 0.15) is 30.0 Å². The third kappa shape index (κ3) is 5.49. The van der Waals surface area contributed by atoms with Crippen molar-refractivity contribution in [1.82, 2.24) is 9.80 Å². The van der Waals surface area contributed by atoms with Crippen molar-refractivity contribution in [3.05, 3.63) is 71.8 Å². The van der Waals surface area contributed by atoms with E-state index in [2.05, 4.69) is 58.3 Å². The van der Waals surface area contributed by atoms with Crippen molar-refractivity contribution in [2.75, 3.05) is 50.9 Å². The number of hydrogen-bond donors (Lipinski definition) is 0. The Morgan fingerprint density at radius 1 is 0.967 bits per heavy atom. The zero-order valence-corrected chi connectivity index (χ0v) is 18.3. The summed E-state index contributed by atoms with van der Waals surface area (Å²) in [6.45, 7) is 5.49. The smallest absolute Gasteiger partial charge is 0.151 e. The summed E-state index contributed by atoms with van der Waals surface area (Å²) in [6.07, 6.45) is 1.74. The van der Waals surface area contributed by atoms with E-state index in [1.54, 1.807) is 0 Å². The molecule has 0 amide bonds. The summed E-state index contributed by atoms with van der Waals surface area (Å²) in [7, 11) is -2.95. The number of sulfone groups is 1. The number of benzene rings is 2. The highest BCUT2D eigenvalue weighted by Crippen LogP contribution is 2.33. The normalized spacial score (nSPS) is 22.0. The summed E-state index contributed by atoms with van der Waals surface area (Å²) in [6, 6.07) is 21.1. The second-order valence-corrected chi connectivity index (χ2v) is 10.6. The van der Waals surface area contributed by atoms with Crippen molar-refractivity contribution in [2.45, 2.75) is 24.9 Å². The van der Waals surface area contributed by atoms with Gasteiger partial charge in [-0.3, -0.25) is 9.80 Å². The quantitative estimate of drug-likeness (QED) is 0.647. The van der Waals surface area contributed by atoms with Gasteiger partial charge in [0.2, 0.25) is 0 Å². The van der Waals surface area contributed by atoms with E-state index in [9.17, 15) is 8.42 Å². The van der Waals surface area contributed by atoms with E-state index in [-0.39, 0.29) is 17.8 Å². The average Bonchev–Trinajstić information content (AvgIpc) is 3.14. The van der Waals surface area contributed by atoms with Crippen molar-refractivity contribution < 1.29 is 13.2 Å². The lowest BCUT2D eigenvalue weighted by atomic mass is 9.95. The molecule has 0 aromatic heterocycles. The molecule has 0 unspecified atom stereocenters. The Morgan fingerprint density at radius 2 is 1.57 bits per heavy atom. The van der Waals surface area contributed by atoms with Crippen LogP contribution >= 0.6 is 0 Å². The average molecular weight is 429 g/mol. The molecule has 2 aromatic rings. The minimum absolute atomic E-state index is 0.0603. The molecule has 2 aromatic carbocycles. The van der Waals surface area contributed by atoms with Crippen molar-refractivity contribution >= 4 is 9.84 Å². The van der Waals surface area contributed by atoms with Gasteiger partial charge in [-0.2, -0.15) is 0 Å². The fourth-order valence-electron chi connectivity index (χ4n) is 4.71. The fraction of sp³-hybridized carbons (Fsp3) is 0.500. The second-order valence-electron chi connectivity index (χ2n) is 8.33. The first kappa shape index (κ1) is 21.5. The molecule has 0 aliphatic carbocycles. The first-order valence-electron chi connectivity index (χ1n) is 11.0. The Bertz CT molecular complexity index is 844. The standard InChI is InChI=1S/C24H32N2O3S/c27-30(28)19-12-23(20-30)26(14-7-13-25-15-17-29-18-16-25)24(21-8-3-1-4-9-21)22-10-5-2-6-11-22/h1-6,8-11,23-24H,7,12-20H2/t23-/m1/s1. The van der Waals surface area contributed by atoms with E-state index in [4.69, 9.17) is 4.74 Å². The highest BCUT2D eigenvalue weighted by atomic mass is 32.2. The third-order valence-corrected chi connectivity index (χ3v) is 7.98. The molecular formula is C24H32N2O3S. The molecular weight excluding hydrogens is 396 g/mol. The van der Waals surface area contributed by atoms with Gasteiger partial charge in [0.1, 0.15) is 0 Å². The van der Waals surface area contributed by atoms with Crippen molar-refractivity contribution in [3.63, 3.8) is 0 Å². The Kier molecular flexibility index (Phi) is 7.20. The van der Waals surface area contributed by atoms with Crippen molar-refractivity contribution in [3.8, 4) is 0 Å². The number of ether oxygens (including phenoxy) is 1. The molecule has 4 rings (SSSR count). The summed E-state index contributed by atoms with van der Waals surface area (Å²) in [5.74, 6) is 0.564. The molecule has 0 saturated carbocycles. The van der Waals surface area contributed by atoms with Crippen LogP contribution in [0.25, 0.3) is 0 Å². The lowest BCUT2D eigenvalue weighted by Gasteiger charge is -2.37. The lowest BCUT2D eigenvalue weighted by molar-refractivity contribution is 0.0348. The maximum atomic E-state index is 12.3. The zero-order valence-electron chi connectivity index (χ0n) is 17.5. The van der Waals surface area contributed by atoms with Crippen LogP contribution in [0.5, 0.6) is 0 Å². The Labute approximate surface area is 180 Å². The minimum atomic E-state index is -2.95. The largest absolute Gasteiger partial charge is 0.379 e. The monoisotopic (exact) mass is 428 g/mol. The molecule has 0 radical (unpaired) electrons. The number of nitrogens with zero attached hydrogens (tertiary/aromatic N) is 2. The predicted molar refractivity (Wildman–Crippen MR) is 120 cm³/mol. The van der Waals surface area contributed by atoms with Gasteiger partial charge in [-0.1, -0.05) is 60.7 Å². The Hall–Kier alpha value is -1.73. The molecule has 2 aliphatic rings. The fourth-order valence-corrected chi connectivity index (χ4v) is 6.45. The van der Waals surface area contributed by atoms with Gasteiger partial charge in [-0.05, 0) is 30.5 Å². The van der Waals surface area contributed by atoms with Gasteiger partial charge < -0.3 is 4.74 Å². The molecule has 1 atom stereocenters. The Morgan fingerprint density at radius 3 is 2.10 bits per heavy atom. The second kappa shape index (κ2) is 10.1. The minimum Gasteiger partial charge on any atom is -0.379 e. The topological polar surface area (TPSA) is 49.9 Å². The van der Waals surface area contributed by atoms with Crippen LogP contribution in [0.2, 0.25) is 0 Å². The molecule has 2 saturated heterocycles. The van der Waals surface area contributed by atoms with Gasteiger partial charge in [-0.15, -0.1) is 0 Å². The predicted octanol–water partition coefficient (Wildman–Crippen LogP) is 2.99.